The summed E-state index contributed by atoms with van der Waals surface area (Å²) in [6, 6.07) is 1.80. The molecule has 2 aromatic rings. The van der Waals surface area contributed by atoms with Crippen molar-refractivity contribution in [2.24, 2.45) is 0 Å². The van der Waals surface area contributed by atoms with Crippen molar-refractivity contribution in [3.63, 3.8) is 0 Å². The van der Waals surface area contributed by atoms with E-state index in [4.69, 9.17) is 21.6 Å². The van der Waals surface area contributed by atoms with E-state index >= 15 is 0 Å². The Hall–Kier alpha value is -1.84. The molecule has 18 heavy (non-hydrogen) atoms. The van der Waals surface area contributed by atoms with E-state index in [-0.39, 0.29) is 17.3 Å². The van der Waals surface area contributed by atoms with E-state index in [1.54, 1.807) is 23.6 Å². The minimum absolute atomic E-state index is 0.105. The Kier molecular flexibility index (Phi) is 3.65. The Bertz CT molecular complexity index is 665. The molecule has 0 atom stereocenters. The number of fused-ring (bicyclic) bond motifs is 1. The first-order chi connectivity index (χ1) is 8.67. The summed E-state index contributed by atoms with van der Waals surface area (Å²) in [5, 5.41) is 11.0. The molecule has 7 heteroatoms. The first-order valence-corrected chi connectivity index (χ1v) is 6.33. The van der Waals surface area contributed by atoms with Gasteiger partial charge in [0.2, 0.25) is 0 Å². The molecule has 0 bridgehead atoms. The number of thiazole rings is 1. The number of carbonyl (C=O) groups excluding carboxylic acids is 1. The van der Waals surface area contributed by atoms with Crippen LogP contribution in [0.1, 0.15) is 12.6 Å². The van der Waals surface area contributed by atoms with Gasteiger partial charge in [-0.1, -0.05) is 11.6 Å². The molecule has 2 heterocycles. The predicted octanol–water partition coefficient (Wildman–Crippen LogP) is 2.52. The van der Waals surface area contributed by atoms with Crippen LogP contribution in [0.15, 0.2) is 17.2 Å². The second-order valence-corrected chi connectivity index (χ2v) is 4.46. The number of hydrogen-bond acceptors (Lipinski definition) is 5. The van der Waals surface area contributed by atoms with E-state index in [1.807, 2.05) is 5.38 Å². The van der Waals surface area contributed by atoms with Gasteiger partial charge in [-0.3, -0.25) is 4.40 Å². The summed E-state index contributed by atoms with van der Waals surface area (Å²) in [7, 11) is 0. The van der Waals surface area contributed by atoms with E-state index < -0.39 is 5.97 Å². The molecule has 92 valence electrons. The van der Waals surface area contributed by atoms with E-state index in [0.717, 1.165) is 0 Å². The molecule has 0 saturated carbocycles. The smallest absolute Gasteiger partial charge is 0.348 e. The van der Waals surface area contributed by atoms with Crippen LogP contribution in [0.4, 0.5) is 0 Å². The van der Waals surface area contributed by atoms with Gasteiger partial charge in [0.05, 0.1) is 12.3 Å². The van der Waals surface area contributed by atoms with Crippen molar-refractivity contribution >= 4 is 39.9 Å². The summed E-state index contributed by atoms with van der Waals surface area (Å²) < 4.78 is 6.49. The second-order valence-electron chi connectivity index (χ2n) is 3.23. The van der Waals surface area contributed by atoms with E-state index in [2.05, 4.69) is 4.98 Å². The number of halogens is 1. The molecule has 0 saturated heterocycles. The molecule has 5 nitrogen and oxygen atoms in total. The van der Waals surface area contributed by atoms with Crippen LogP contribution in [0.3, 0.4) is 0 Å². The SMILES string of the molecule is CCOC(=O)/C(C#N)=C/c1c(Cl)nc2sccn12. The van der Waals surface area contributed by atoms with Crippen molar-refractivity contribution in [2.45, 2.75) is 6.92 Å². The molecule has 2 rings (SSSR count). The van der Waals surface area contributed by atoms with Gasteiger partial charge < -0.3 is 4.74 Å². The molecule has 0 aliphatic rings. The molecule has 0 N–H and O–H groups in total. The van der Waals surface area contributed by atoms with Crippen molar-refractivity contribution in [1.29, 1.82) is 5.26 Å². The van der Waals surface area contributed by atoms with Gasteiger partial charge in [0.15, 0.2) is 10.1 Å². The van der Waals surface area contributed by atoms with Gasteiger partial charge in [0, 0.05) is 11.6 Å². The largest absolute Gasteiger partial charge is 0.462 e. The zero-order valence-electron chi connectivity index (χ0n) is 9.38. The summed E-state index contributed by atoms with van der Waals surface area (Å²) in [6.07, 6.45) is 3.15. The zero-order chi connectivity index (χ0) is 13.1. The van der Waals surface area contributed by atoms with Crippen LogP contribution >= 0.6 is 22.9 Å². The highest BCUT2D eigenvalue weighted by molar-refractivity contribution is 7.15. The zero-order valence-corrected chi connectivity index (χ0v) is 11.0. The summed E-state index contributed by atoms with van der Waals surface area (Å²) in [5.74, 6) is -0.666. The molecule has 0 aliphatic carbocycles. The Morgan fingerprint density at radius 1 is 1.78 bits per heavy atom. The third-order valence-electron chi connectivity index (χ3n) is 2.15. The van der Waals surface area contributed by atoms with Gasteiger partial charge in [-0.2, -0.15) is 5.26 Å². The van der Waals surface area contributed by atoms with Crippen molar-refractivity contribution in [1.82, 2.24) is 9.38 Å². The Balaban J connectivity index is 2.47. The normalized spacial score (nSPS) is 11.5. The van der Waals surface area contributed by atoms with Crippen molar-refractivity contribution in [3.05, 3.63) is 28.0 Å². The molecule has 0 aliphatic heterocycles. The van der Waals surface area contributed by atoms with Gasteiger partial charge in [0.1, 0.15) is 11.6 Å². The fourth-order valence-corrected chi connectivity index (χ4v) is 2.39. The first kappa shape index (κ1) is 12.6. The summed E-state index contributed by atoms with van der Waals surface area (Å²) >= 11 is 7.38. The highest BCUT2D eigenvalue weighted by Crippen LogP contribution is 2.23. The lowest BCUT2D eigenvalue weighted by Gasteiger charge is -1.99. The van der Waals surface area contributed by atoms with E-state index in [0.29, 0.717) is 10.7 Å². The summed E-state index contributed by atoms with van der Waals surface area (Å²) in [5.41, 5.74) is 0.393. The standard InChI is InChI=1S/C11H8ClN3O2S/c1-2-17-10(16)7(6-13)5-8-9(12)14-11-15(8)3-4-18-11/h3-5H,2H2,1H3/b7-5+. The highest BCUT2D eigenvalue weighted by atomic mass is 35.5. The van der Waals surface area contributed by atoms with Crippen molar-refractivity contribution < 1.29 is 9.53 Å². The van der Waals surface area contributed by atoms with Crippen LogP contribution in [0.25, 0.3) is 11.0 Å². The fraction of sp³-hybridized carbons (Fsp3) is 0.182. The number of esters is 1. The molecule has 0 aromatic carbocycles. The number of nitriles is 1. The number of carbonyl (C=O) groups is 1. The minimum atomic E-state index is -0.666. The molecule has 0 radical (unpaired) electrons. The monoisotopic (exact) mass is 281 g/mol. The van der Waals surface area contributed by atoms with Crippen LogP contribution < -0.4 is 0 Å². The number of ether oxygens (including phenoxy) is 1. The minimum Gasteiger partial charge on any atom is -0.462 e. The Labute approximate surface area is 112 Å². The Morgan fingerprint density at radius 2 is 2.56 bits per heavy atom. The maximum absolute atomic E-state index is 11.5. The van der Waals surface area contributed by atoms with Crippen molar-refractivity contribution in [3.8, 4) is 6.07 Å². The Morgan fingerprint density at radius 3 is 3.22 bits per heavy atom. The first-order valence-electron chi connectivity index (χ1n) is 5.07. The second kappa shape index (κ2) is 5.21. The predicted molar refractivity (Wildman–Crippen MR) is 68.3 cm³/mol. The summed E-state index contributed by atoms with van der Waals surface area (Å²) in [4.78, 5) is 16.3. The van der Waals surface area contributed by atoms with Gasteiger partial charge >= 0.3 is 5.97 Å². The lowest BCUT2D eigenvalue weighted by Crippen LogP contribution is -2.06. The van der Waals surface area contributed by atoms with Crippen LogP contribution in [0, 0.1) is 11.3 Å². The molecule has 0 fully saturated rings. The maximum Gasteiger partial charge on any atom is 0.348 e. The third kappa shape index (κ3) is 2.23. The molecular formula is C11H8ClN3O2S. The quantitative estimate of drug-likeness (QED) is 0.492. The molecule has 0 unspecified atom stereocenters. The molecule has 2 aromatic heterocycles. The summed E-state index contributed by atoms with van der Waals surface area (Å²) in [6.45, 7) is 1.89. The van der Waals surface area contributed by atoms with Gasteiger partial charge in [-0.25, -0.2) is 9.78 Å². The average Bonchev–Trinajstić information content (AvgIpc) is 2.88. The van der Waals surface area contributed by atoms with Gasteiger partial charge in [0.25, 0.3) is 0 Å². The molecule has 0 amide bonds. The lowest BCUT2D eigenvalue weighted by atomic mass is 10.2. The van der Waals surface area contributed by atoms with E-state index in [9.17, 15) is 4.79 Å². The van der Waals surface area contributed by atoms with Crippen molar-refractivity contribution in [2.75, 3.05) is 6.61 Å². The highest BCUT2D eigenvalue weighted by Gasteiger charge is 2.14. The number of hydrogen-bond donors (Lipinski definition) is 0. The topological polar surface area (TPSA) is 67.4 Å². The molecule has 0 spiro atoms. The van der Waals surface area contributed by atoms with E-state index in [1.165, 1.54) is 17.4 Å². The number of nitrogens with zero attached hydrogens (tertiary/aromatic N) is 3. The van der Waals surface area contributed by atoms with Crippen LogP contribution in [-0.4, -0.2) is 22.0 Å². The molecular weight excluding hydrogens is 274 g/mol. The number of imidazole rings is 1. The van der Waals surface area contributed by atoms with Crippen LogP contribution in [0.5, 0.6) is 0 Å². The van der Waals surface area contributed by atoms with Gasteiger partial charge in [-0.15, -0.1) is 11.3 Å². The lowest BCUT2D eigenvalue weighted by molar-refractivity contribution is -0.137. The average molecular weight is 282 g/mol. The fourth-order valence-electron chi connectivity index (χ4n) is 1.39. The third-order valence-corrected chi connectivity index (χ3v) is 3.19. The van der Waals surface area contributed by atoms with Gasteiger partial charge in [-0.05, 0) is 13.0 Å². The van der Waals surface area contributed by atoms with Crippen LogP contribution in [0.2, 0.25) is 5.15 Å². The van der Waals surface area contributed by atoms with Crippen LogP contribution in [-0.2, 0) is 9.53 Å². The number of rotatable bonds is 3. The number of aromatic nitrogens is 2. The maximum atomic E-state index is 11.5.